The van der Waals surface area contributed by atoms with Crippen molar-refractivity contribution < 1.29 is 14.1 Å². The number of hydrogen-bond acceptors (Lipinski definition) is 7. The van der Waals surface area contributed by atoms with Crippen LogP contribution in [0.1, 0.15) is 32.2 Å². The number of fused-ring (bicyclic) bond motifs is 1. The maximum absolute atomic E-state index is 13.2. The zero-order chi connectivity index (χ0) is 22.2. The van der Waals surface area contributed by atoms with Crippen molar-refractivity contribution in [3.05, 3.63) is 82.9 Å². The first kappa shape index (κ1) is 19.8. The van der Waals surface area contributed by atoms with Gasteiger partial charge in [0.2, 0.25) is 5.78 Å². The fourth-order valence-electron chi connectivity index (χ4n) is 3.44. The SMILES string of the molecule is Cc1noc2nc(-c3cccs3)cc(C(=O)Nc3ccc(C(=O)c4nccn4C)cc3)c12. The number of ketones is 1. The van der Waals surface area contributed by atoms with Crippen LogP contribution in [0.2, 0.25) is 0 Å². The highest BCUT2D eigenvalue weighted by Crippen LogP contribution is 2.30. The zero-order valence-corrected chi connectivity index (χ0v) is 18.0. The van der Waals surface area contributed by atoms with E-state index in [9.17, 15) is 9.59 Å². The highest BCUT2D eigenvalue weighted by atomic mass is 32.1. The Kier molecular flexibility index (Phi) is 4.87. The molecule has 0 bridgehead atoms. The molecule has 9 heteroatoms. The maximum atomic E-state index is 13.2. The lowest BCUT2D eigenvalue weighted by Crippen LogP contribution is -2.13. The molecule has 0 saturated carbocycles. The Morgan fingerprint density at radius 2 is 1.97 bits per heavy atom. The van der Waals surface area contributed by atoms with Gasteiger partial charge in [-0.05, 0) is 48.7 Å². The van der Waals surface area contributed by atoms with Gasteiger partial charge in [-0.25, -0.2) is 9.97 Å². The van der Waals surface area contributed by atoms with Crippen molar-refractivity contribution in [2.75, 3.05) is 5.32 Å². The summed E-state index contributed by atoms with van der Waals surface area (Å²) < 4.78 is 7.00. The lowest BCUT2D eigenvalue weighted by Gasteiger charge is -2.08. The third kappa shape index (κ3) is 3.48. The van der Waals surface area contributed by atoms with Crippen LogP contribution in [0.25, 0.3) is 21.7 Å². The summed E-state index contributed by atoms with van der Waals surface area (Å²) in [6, 6.07) is 12.3. The zero-order valence-electron chi connectivity index (χ0n) is 17.2. The number of nitrogens with zero attached hydrogens (tertiary/aromatic N) is 4. The molecule has 0 fully saturated rings. The Balaban J connectivity index is 1.44. The van der Waals surface area contributed by atoms with Gasteiger partial charge in [-0.1, -0.05) is 11.2 Å². The van der Waals surface area contributed by atoms with E-state index in [1.807, 2.05) is 17.5 Å². The summed E-state index contributed by atoms with van der Waals surface area (Å²) >= 11 is 1.52. The number of benzene rings is 1. The van der Waals surface area contributed by atoms with E-state index in [1.54, 1.807) is 61.3 Å². The smallest absolute Gasteiger partial charge is 0.259 e. The molecular formula is C23H17N5O3S. The molecule has 0 aliphatic carbocycles. The summed E-state index contributed by atoms with van der Waals surface area (Å²) in [5, 5.41) is 9.38. The van der Waals surface area contributed by atoms with Gasteiger partial charge in [0, 0.05) is 30.7 Å². The van der Waals surface area contributed by atoms with Crippen molar-refractivity contribution >= 4 is 39.8 Å². The molecule has 4 heterocycles. The van der Waals surface area contributed by atoms with E-state index in [1.165, 1.54) is 11.3 Å². The molecule has 0 atom stereocenters. The fraction of sp³-hybridized carbons (Fsp3) is 0.0870. The van der Waals surface area contributed by atoms with Gasteiger partial charge in [-0.15, -0.1) is 11.3 Å². The number of hydrogen-bond donors (Lipinski definition) is 1. The van der Waals surface area contributed by atoms with E-state index < -0.39 is 0 Å². The van der Waals surface area contributed by atoms with E-state index in [0.717, 1.165) is 4.88 Å². The lowest BCUT2D eigenvalue weighted by molar-refractivity contribution is 0.102. The highest BCUT2D eigenvalue weighted by Gasteiger charge is 2.20. The van der Waals surface area contributed by atoms with E-state index in [-0.39, 0.29) is 11.7 Å². The minimum atomic E-state index is -0.315. The Hall–Kier alpha value is -4.11. The summed E-state index contributed by atoms with van der Waals surface area (Å²) in [5.41, 5.74) is 3.01. The number of carbonyl (C=O) groups excluding carboxylic acids is 2. The summed E-state index contributed by atoms with van der Waals surface area (Å²) in [7, 11) is 1.77. The topological polar surface area (TPSA) is 103 Å². The maximum Gasteiger partial charge on any atom is 0.259 e. The van der Waals surface area contributed by atoms with E-state index in [0.29, 0.717) is 45.1 Å². The molecule has 1 N–H and O–H groups in total. The van der Waals surface area contributed by atoms with Crippen LogP contribution in [0.15, 0.2) is 64.8 Å². The van der Waals surface area contributed by atoms with Crippen LogP contribution < -0.4 is 5.32 Å². The summed E-state index contributed by atoms with van der Waals surface area (Å²) in [4.78, 5) is 35.3. The van der Waals surface area contributed by atoms with Crippen LogP contribution >= 0.6 is 11.3 Å². The molecule has 5 aromatic rings. The minimum Gasteiger partial charge on any atom is -0.335 e. The number of aromatic nitrogens is 4. The molecule has 1 aromatic carbocycles. The van der Waals surface area contributed by atoms with Gasteiger partial charge in [0.15, 0.2) is 5.82 Å². The van der Waals surface area contributed by atoms with Crippen LogP contribution in [0.3, 0.4) is 0 Å². The quantitative estimate of drug-likeness (QED) is 0.402. The molecule has 32 heavy (non-hydrogen) atoms. The number of amides is 1. The number of thiophene rings is 1. The Morgan fingerprint density at radius 1 is 1.16 bits per heavy atom. The van der Waals surface area contributed by atoms with Crippen molar-refractivity contribution in [2.45, 2.75) is 6.92 Å². The van der Waals surface area contributed by atoms with Gasteiger partial charge in [0.25, 0.3) is 11.6 Å². The molecule has 0 spiro atoms. The number of aryl methyl sites for hydroxylation is 2. The molecule has 5 rings (SSSR count). The van der Waals surface area contributed by atoms with Crippen LogP contribution in [-0.2, 0) is 7.05 Å². The van der Waals surface area contributed by atoms with Crippen LogP contribution in [0, 0.1) is 6.92 Å². The number of carbonyl (C=O) groups is 2. The van der Waals surface area contributed by atoms with Crippen molar-refractivity contribution in [3.8, 4) is 10.6 Å². The fourth-order valence-corrected chi connectivity index (χ4v) is 4.13. The predicted octanol–water partition coefficient (Wildman–Crippen LogP) is 4.48. The normalized spacial score (nSPS) is 11.1. The van der Waals surface area contributed by atoms with Crippen molar-refractivity contribution in [1.29, 1.82) is 0 Å². The number of imidazole rings is 1. The standard InChI is InChI=1S/C23H17N5O3S/c1-13-19-16(12-17(18-4-3-11-32-18)26-23(19)31-27-13)22(30)25-15-7-5-14(6-8-15)20(29)21-24-9-10-28(21)2/h3-12H,1-2H3,(H,25,30). The molecule has 0 aliphatic heterocycles. The second kappa shape index (κ2) is 7.86. The molecule has 8 nitrogen and oxygen atoms in total. The number of nitrogens with one attached hydrogen (secondary N) is 1. The first-order valence-corrected chi connectivity index (χ1v) is 10.6. The van der Waals surface area contributed by atoms with Gasteiger partial charge in [-0.3, -0.25) is 9.59 Å². The molecule has 1 amide bonds. The van der Waals surface area contributed by atoms with Crippen molar-refractivity contribution in [2.24, 2.45) is 7.05 Å². The second-order valence-electron chi connectivity index (χ2n) is 7.20. The minimum absolute atomic E-state index is 0.188. The molecule has 0 aliphatic rings. The van der Waals surface area contributed by atoms with E-state index >= 15 is 0 Å². The Bertz CT molecular complexity index is 1450. The average molecular weight is 443 g/mol. The molecule has 4 aromatic heterocycles. The number of rotatable bonds is 5. The number of pyridine rings is 1. The van der Waals surface area contributed by atoms with Crippen LogP contribution in [-0.4, -0.2) is 31.4 Å². The van der Waals surface area contributed by atoms with Gasteiger partial charge >= 0.3 is 0 Å². The van der Waals surface area contributed by atoms with Crippen molar-refractivity contribution in [3.63, 3.8) is 0 Å². The second-order valence-corrected chi connectivity index (χ2v) is 8.15. The third-order valence-corrected chi connectivity index (χ3v) is 5.96. The summed E-state index contributed by atoms with van der Waals surface area (Å²) in [6.07, 6.45) is 3.29. The molecule has 0 unspecified atom stereocenters. The summed E-state index contributed by atoms with van der Waals surface area (Å²) in [5.74, 6) is -0.151. The monoisotopic (exact) mass is 443 g/mol. The van der Waals surface area contributed by atoms with Gasteiger partial charge in [0.05, 0.1) is 27.2 Å². The largest absolute Gasteiger partial charge is 0.335 e. The first-order valence-electron chi connectivity index (χ1n) is 9.75. The Labute approximate surface area is 186 Å². The number of anilines is 1. The van der Waals surface area contributed by atoms with Gasteiger partial charge in [-0.2, -0.15) is 0 Å². The first-order chi connectivity index (χ1) is 15.5. The highest BCUT2D eigenvalue weighted by molar-refractivity contribution is 7.13. The Morgan fingerprint density at radius 3 is 2.66 bits per heavy atom. The van der Waals surface area contributed by atoms with Crippen LogP contribution in [0.5, 0.6) is 0 Å². The van der Waals surface area contributed by atoms with Gasteiger partial charge < -0.3 is 14.4 Å². The molecule has 158 valence electrons. The van der Waals surface area contributed by atoms with Gasteiger partial charge in [0.1, 0.15) is 0 Å². The molecular weight excluding hydrogens is 426 g/mol. The third-order valence-electron chi connectivity index (χ3n) is 5.06. The lowest BCUT2D eigenvalue weighted by atomic mass is 10.1. The van der Waals surface area contributed by atoms with E-state index in [4.69, 9.17) is 4.52 Å². The van der Waals surface area contributed by atoms with Crippen molar-refractivity contribution in [1.82, 2.24) is 19.7 Å². The predicted molar refractivity (Wildman–Crippen MR) is 121 cm³/mol. The van der Waals surface area contributed by atoms with Crippen LogP contribution in [0.4, 0.5) is 5.69 Å². The summed E-state index contributed by atoms with van der Waals surface area (Å²) in [6.45, 7) is 1.77. The molecule has 0 radical (unpaired) electrons. The average Bonchev–Trinajstić information content (AvgIpc) is 3.55. The van der Waals surface area contributed by atoms with E-state index in [2.05, 4.69) is 20.4 Å². The molecule has 0 saturated heterocycles.